The maximum atomic E-state index is 12.8. The van der Waals surface area contributed by atoms with E-state index >= 15 is 0 Å². The molecule has 3 aromatic rings. The molecule has 4 heteroatoms. The van der Waals surface area contributed by atoms with Gasteiger partial charge in [0.25, 0.3) is 0 Å². The standard InChI is InChI=1S/C14H11FN2O/c15-10-6-4-9(5-7-10)8-13-17-12-3-1-2-11(16)14(12)18-13/h1-7H,8,16H2. The molecule has 0 aliphatic rings. The van der Waals surface area contributed by atoms with Crippen molar-refractivity contribution in [2.24, 2.45) is 0 Å². The SMILES string of the molecule is Nc1cccc2nc(Cc3ccc(F)cc3)oc12. The van der Waals surface area contributed by atoms with E-state index in [1.807, 2.05) is 12.1 Å². The van der Waals surface area contributed by atoms with Gasteiger partial charge in [0.1, 0.15) is 11.3 Å². The molecule has 90 valence electrons. The van der Waals surface area contributed by atoms with Crippen molar-refractivity contribution < 1.29 is 8.81 Å². The third kappa shape index (κ3) is 1.93. The minimum Gasteiger partial charge on any atom is -0.438 e. The van der Waals surface area contributed by atoms with Crippen LogP contribution in [0.15, 0.2) is 46.9 Å². The average Bonchev–Trinajstić information content (AvgIpc) is 2.76. The lowest BCUT2D eigenvalue weighted by Gasteiger charge is -1.96. The van der Waals surface area contributed by atoms with Crippen LogP contribution in [0.4, 0.5) is 10.1 Å². The summed E-state index contributed by atoms with van der Waals surface area (Å²) in [6.45, 7) is 0. The van der Waals surface area contributed by atoms with Crippen LogP contribution in [0.25, 0.3) is 11.1 Å². The van der Waals surface area contributed by atoms with E-state index in [0.717, 1.165) is 11.1 Å². The monoisotopic (exact) mass is 242 g/mol. The first-order valence-electron chi connectivity index (χ1n) is 5.61. The number of rotatable bonds is 2. The summed E-state index contributed by atoms with van der Waals surface area (Å²) in [6.07, 6.45) is 0.522. The second-order valence-corrected chi connectivity index (χ2v) is 4.11. The number of nitrogens with two attached hydrogens (primary N) is 1. The first-order valence-corrected chi connectivity index (χ1v) is 5.61. The Hall–Kier alpha value is -2.36. The lowest BCUT2D eigenvalue weighted by Crippen LogP contribution is -1.87. The van der Waals surface area contributed by atoms with Gasteiger partial charge in [0.05, 0.1) is 5.69 Å². The molecule has 0 saturated carbocycles. The summed E-state index contributed by atoms with van der Waals surface area (Å²) in [6, 6.07) is 11.7. The van der Waals surface area contributed by atoms with E-state index in [9.17, 15) is 4.39 Å². The van der Waals surface area contributed by atoms with Gasteiger partial charge in [0, 0.05) is 6.42 Å². The van der Waals surface area contributed by atoms with E-state index < -0.39 is 0 Å². The molecule has 0 amide bonds. The van der Waals surface area contributed by atoms with Gasteiger partial charge >= 0.3 is 0 Å². The van der Waals surface area contributed by atoms with Crippen LogP contribution in [0.5, 0.6) is 0 Å². The predicted octanol–water partition coefficient (Wildman–Crippen LogP) is 3.14. The van der Waals surface area contributed by atoms with Crippen molar-refractivity contribution in [1.82, 2.24) is 4.98 Å². The number of hydrogen-bond acceptors (Lipinski definition) is 3. The number of aromatic nitrogens is 1. The second-order valence-electron chi connectivity index (χ2n) is 4.11. The van der Waals surface area contributed by atoms with E-state index in [2.05, 4.69) is 4.98 Å². The largest absolute Gasteiger partial charge is 0.438 e. The van der Waals surface area contributed by atoms with E-state index in [4.69, 9.17) is 10.2 Å². The Balaban J connectivity index is 1.95. The molecule has 0 bridgehead atoms. The van der Waals surface area contributed by atoms with Gasteiger partial charge in [-0.3, -0.25) is 0 Å². The van der Waals surface area contributed by atoms with Crippen LogP contribution in [-0.2, 0) is 6.42 Å². The molecule has 0 atom stereocenters. The summed E-state index contributed by atoms with van der Waals surface area (Å²) in [7, 11) is 0. The molecule has 3 nitrogen and oxygen atoms in total. The van der Waals surface area contributed by atoms with Crippen molar-refractivity contribution in [3.05, 3.63) is 59.7 Å². The Morgan fingerprint density at radius 1 is 1.11 bits per heavy atom. The average molecular weight is 242 g/mol. The highest BCUT2D eigenvalue weighted by Crippen LogP contribution is 2.22. The van der Waals surface area contributed by atoms with Gasteiger partial charge in [-0.2, -0.15) is 0 Å². The first kappa shape index (κ1) is 10.8. The molecule has 0 saturated heterocycles. The molecule has 0 unspecified atom stereocenters. The molecule has 0 fully saturated rings. The molecule has 2 N–H and O–H groups in total. The molecule has 2 aromatic carbocycles. The summed E-state index contributed by atoms with van der Waals surface area (Å²) in [5.41, 5.74) is 8.67. The van der Waals surface area contributed by atoms with Crippen molar-refractivity contribution in [1.29, 1.82) is 0 Å². The van der Waals surface area contributed by atoms with Crippen LogP contribution in [0, 0.1) is 5.82 Å². The Bertz CT molecular complexity index is 689. The number of nitrogens with zero attached hydrogens (tertiary/aromatic N) is 1. The highest BCUT2D eigenvalue weighted by Gasteiger charge is 2.08. The quantitative estimate of drug-likeness (QED) is 0.702. The number of para-hydroxylation sites is 1. The van der Waals surface area contributed by atoms with Crippen molar-refractivity contribution >= 4 is 16.8 Å². The summed E-state index contributed by atoms with van der Waals surface area (Å²) >= 11 is 0. The number of fused-ring (bicyclic) bond motifs is 1. The summed E-state index contributed by atoms with van der Waals surface area (Å²) in [5, 5.41) is 0. The van der Waals surface area contributed by atoms with Crippen LogP contribution < -0.4 is 5.73 Å². The van der Waals surface area contributed by atoms with Crippen molar-refractivity contribution in [3.63, 3.8) is 0 Å². The first-order chi connectivity index (χ1) is 8.72. The Morgan fingerprint density at radius 2 is 1.89 bits per heavy atom. The minimum absolute atomic E-state index is 0.249. The zero-order valence-electron chi connectivity index (χ0n) is 9.56. The van der Waals surface area contributed by atoms with E-state index in [1.165, 1.54) is 12.1 Å². The van der Waals surface area contributed by atoms with Gasteiger partial charge in [-0.25, -0.2) is 9.37 Å². The molecule has 1 heterocycles. The van der Waals surface area contributed by atoms with Gasteiger partial charge in [-0.05, 0) is 29.8 Å². The second kappa shape index (κ2) is 4.14. The maximum Gasteiger partial charge on any atom is 0.200 e. The fraction of sp³-hybridized carbons (Fsp3) is 0.0714. The third-order valence-corrected chi connectivity index (χ3v) is 2.76. The number of oxazole rings is 1. The van der Waals surface area contributed by atoms with Gasteiger partial charge in [-0.15, -0.1) is 0 Å². The van der Waals surface area contributed by atoms with Crippen LogP contribution in [-0.4, -0.2) is 4.98 Å². The molecule has 0 radical (unpaired) electrons. The lowest BCUT2D eigenvalue weighted by atomic mass is 10.1. The van der Waals surface area contributed by atoms with E-state index in [1.54, 1.807) is 18.2 Å². The number of hydrogen-bond donors (Lipinski definition) is 1. The van der Waals surface area contributed by atoms with Crippen molar-refractivity contribution in [2.45, 2.75) is 6.42 Å². The molecule has 0 spiro atoms. The normalized spacial score (nSPS) is 10.9. The number of anilines is 1. The Labute approximate surface area is 103 Å². The summed E-state index contributed by atoms with van der Waals surface area (Å²) in [4.78, 5) is 4.35. The smallest absolute Gasteiger partial charge is 0.200 e. The Kier molecular flexibility index (Phi) is 2.48. The highest BCUT2D eigenvalue weighted by molar-refractivity contribution is 5.84. The van der Waals surface area contributed by atoms with Gasteiger partial charge < -0.3 is 10.2 Å². The molecule has 1 aromatic heterocycles. The molecule has 0 aliphatic heterocycles. The molecular formula is C14H11FN2O. The van der Waals surface area contributed by atoms with Gasteiger partial charge in [0.15, 0.2) is 11.5 Å². The topological polar surface area (TPSA) is 52.0 Å². The van der Waals surface area contributed by atoms with Crippen LogP contribution in [0.2, 0.25) is 0 Å². The van der Waals surface area contributed by atoms with Crippen molar-refractivity contribution in [3.8, 4) is 0 Å². The van der Waals surface area contributed by atoms with Crippen LogP contribution >= 0.6 is 0 Å². The number of halogens is 1. The van der Waals surface area contributed by atoms with Gasteiger partial charge in [0.2, 0.25) is 0 Å². The predicted molar refractivity (Wildman–Crippen MR) is 67.6 cm³/mol. The maximum absolute atomic E-state index is 12.8. The van der Waals surface area contributed by atoms with E-state index in [-0.39, 0.29) is 5.82 Å². The number of nitrogen functional groups attached to an aromatic ring is 1. The Morgan fingerprint density at radius 3 is 2.61 bits per heavy atom. The molecular weight excluding hydrogens is 231 g/mol. The fourth-order valence-corrected chi connectivity index (χ4v) is 1.87. The fourth-order valence-electron chi connectivity index (χ4n) is 1.87. The number of benzene rings is 2. The lowest BCUT2D eigenvalue weighted by molar-refractivity contribution is 0.544. The molecule has 0 aliphatic carbocycles. The summed E-state index contributed by atoms with van der Waals surface area (Å²) < 4.78 is 18.4. The minimum atomic E-state index is -0.249. The molecule has 18 heavy (non-hydrogen) atoms. The zero-order valence-corrected chi connectivity index (χ0v) is 9.56. The zero-order chi connectivity index (χ0) is 12.5. The summed E-state index contributed by atoms with van der Waals surface area (Å²) in [5.74, 6) is 0.329. The van der Waals surface area contributed by atoms with Crippen LogP contribution in [0.1, 0.15) is 11.5 Å². The van der Waals surface area contributed by atoms with Gasteiger partial charge in [-0.1, -0.05) is 18.2 Å². The van der Waals surface area contributed by atoms with Crippen LogP contribution in [0.3, 0.4) is 0 Å². The van der Waals surface area contributed by atoms with E-state index in [0.29, 0.717) is 23.6 Å². The highest BCUT2D eigenvalue weighted by atomic mass is 19.1. The molecule has 3 rings (SSSR count). The van der Waals surface area contributed by atoms with Crippen molar-refractivity contribution in [2.75, 3.05) is 5.73 Å². The third-order valence-electron chi connectivity index (χ3n) is 2.76.